The predicted molar refractivity (Wildman–Crippen MR) is 132 cm³/mol. The number of carbonyl (C=O) groups excluding carboxylic acids is 1. The molecule has 1 fully saturated rings. The number of ether oxygens (including phenoxy) is 2. The van der Waals surface area contributed by atoms with Crippen molar-refractivity contribution in [3.05, 3.63) is 11.1 Å². The highest BCUT2D eigenvalue weighted by Crippen LogP contribution is 2.37. The Morgan fingerprint density at radius 2 is 1.85 bits per heavy atom. The SMILES string of the molecule is CC(C)(C)OC(=O)N(CC(CO[Si](C)(C)C(C)(C)C)N1CCOCC1)c1nc(C(=O)O)cs1. The van der Waals surface area contributed by atoms with Crippen molar-refractivity contribution in [1.82, 2.24) is 9.88 Å². The van der Waals surface area contributed by atoms with E-state index in [1.165, 1.54) is 10.3 Å². The van der Waals surface area contributed by atoms with Crippen LogP contribution in [0, 0.1) is 0 Å². The number of rotatable bonds is 8. The number of aromatic carboxylic acids is 1. The van der Waals surface area contributed by atoms with Gasteiger partial charge in [-0.2, -0.15) is 0 Å². The van der Waals surface area contributed by atoms with Gasteiger partial charge in [-0.1, -0.05) is 20.8 Å². The van der Waals surface area contributed by atoms with Crippen molar-refractivity contribution in [2.24, 2.45) is 0 Å². The molecule has 1 aromatic heterocycles. The third-order valence-corrected chi connectivity index (χ3v) is 11.3. The second kappa shape index (κ2) is 10.8. The van der Waals surface area contributed by atoms with Crippen molar-refractivity contribution >= 4 is 36.8 Å². The Morgan fingerprint density at radius 1 is 1.24 bits per heavy atom. The molecule has 9 nitrogen and oxygen atoms in total. The molecule has 0 saturated carbocycles. The number of hydrogen-bond donors (Lipinski definition) is 1. The Morgan fingerprint density at radius 3 is 2.33 bits per heavy atom. The molecule has 1 saturated heterocycles. The molecule has 1 amide bonds. The molecule has 188 valence electrons. The molecule has 1 atom stereocenters. The summed E-state index contributed by atoms with van der Waals surface area (Å²) in [4.78, 5) is 32.4. The number of carboxylic acid groups (broad SMARTS) is 1. The van der Waals surface area contributed by atoms with Crippen LogP contribution in [0.1, 0.15) is 52.0 Å². The molecule has 1 aliphatic rings. The summed E-state index contributed by atoms with van der Waals surface area (Å²) in [7, 11) is -2.02. The lowest BCUT2D eigenvalue weighted by atomic mass is 10.2. The molecule has 1 unspecified atom stereocenters. The van der Waals surface area contributed by atoms with Crippen LogP contribution in [0.2, 0.25) is 18.1 Å². The van der Waals surface area contributed by atoms with E-state index < -0.39 is 26.0 Å². The van der Waals surface area contributed by atoms with Gasteiger partial charge in [-0.05, 0) is 38.9 Å². The van der Waals surface area contributed by atoms with Gasteiger partial charge in [0.25, 0.3) is 0 Å². The molecular weight excluding hydrogens is 462 g/mol. The normalized spacial score (nSPS) is 17.0. The number of thiazole rings is 1. The molecular formula is C22H39N3O6SSi. The minimum absolute atomic E-state index is 0.0547. The number of carboxylic acids is 1. The van der Waals surface area contributed by atoms with Crippen molar-refractivity contribution in [3.8, 4) is 0 Å². The number of anilines is 1. The predicted octanol–water partition coefficient (Wildman–Crippen LogP) is 4.31. The smallest absolute Gasteiger partial charge is 0.416 e. The number of nitrogens with zero attached hydrogens (tertiary/aromatic N) is 3. The zero-order valence-electron chi connectivity index (χ0n) is 21.1. The number of aromatic nitrogens is 1. The Hall–Kier alpha value is -1.53. The average molecular weight is 502 g/mol. The Labute approximate surface area is 202 Å². The topological polar surface area (TPSA) is 101 Å². The van der Waals surface area contributed by atoms with Crippen LogP contribution >= 0.6 is 11.3 Å². The molecule has 1 aliphatic heterocycles. The second-order valence-electron chi connectivity index (χ2n) is 10.8. The van der Waals surface area contributed by atoms with Crippen molar-refractivity contribution in [2.45, 2.75) is 71.3 Å². The molecule has 0 spiro atoms. The van der Waals surface area contributed by atoms with Gasteiger partial charge < -0.3 is 19.0 Å². The van der Waals surface area contributed by atoms with Crippen LogP contribution < -0.4 is 4.90 Å². The summed E-state index contributed by atoms with van der Waals surface area (Å²) in [6.45, 7) is 19.8. The van der Waals surface area contributed by atoms with E-state index in [0.717, 1.165) is 24.4 Å². The first-order chi connectivity index (χ1) is 15.1. The van der Waals surface area contributed by atoms with Gasteiger partial charge in [0.1, 0.15) is 5.60 Å². The Kier molecular flexibility index (Phi) is 9.08. The molecule has 33 heavy (non-hydrogen) atoms. The molecule has 1 N–H and O–H groups in total. The van der Waals surface area contributed by atoms with Gasteiger partial charge in [0.05, 0.1) is 25.9 Å². The standard InChI is InChI=1S/C22H39N3O6SSi/c1-21(2,3)31-20(28)25(19-23-17(15-32-19)18(26)27)13-16(24-9-11-29-12-10-24)14-30-33(7,8)22(4,5)6/h15-16H,9-14H2,1-8H3,(H,26,27). The Balaban J connectivity index is 2.33. The summed E-state index contributed by atoms with van der Waals surface area (Å²) in [6.07, 6.45) is -0.556. The van der Waals surface area contributed by atoms with Crippen molar-refractivity contribution in [3.63, 3.8) is 0 Å². The van der Waals surface area contributed by atoms with Gasteiger partial charge in [0.2, 0.25) is 0 Å². The van der Waals surface area contributed by atoms with Gasteiger partial charge in [-0.3, -0.25) is 9.80 Å². The second-order valence-corrected chi connectivity index (χ2v) is 16.4. The van der Waals surface area contributed by atoms with Crippen LogP contribution in [-0.2, 0) is 13.9 Å². The highest BCUT2D eigenvalue weighted by atomic mass is 32.1. The highest BCUT2D eigenvalue weighted by Gasteiger charge is 2.39. The first-order valence-electron chi connectivity index (χ1n) is 11.3. The van der Waals surface area contributed by atoms with E-state index in [2.05, 4.69) is 43.7 Å². The summed E-state index contributed by atoms with van der Waals surface area (Å²) in [6, 6.07) is -0.118. The van der Waals surface area contributed by atoms with E-state index in [1.54, 1.807) is 20.8 Å². The van der Waals surface area contributed by atoms with Gasteiger partial charge >= 0.3 is 12.1 Å². The van der Waals surface area contributed by atoms with E-state index in [4.69, 9.17) is 13.9 Å². The zero-order chi connectivity index (χ0) is 25.0. The van der Waals surface area contributed by atoms with E-state index in [9.17, 15) is 14.7 Å². The quantitative estimate of drug-likeness (QED) is 0.526. The largest absolute Gasteiger partial charge is 0.476 e. The number of hydrogen-bond acceptors (Lipinski definition) is 8. The maximum Gasteiger partial charge on any atom is 0.416 e. The number of carbonyl (C=O) groups is 2. The fourth-order valence-electron chi connectivity index (χ4n) is 2.98. The number of amides is 1. The monoisotopic (exact) mass is 501 g/mol. The number of morpholine rings is 1. The molecule has 0 radical (unpaired) electrons. The summed E-state index contributed by atoms with van der Waals surface area (Å²) in [5.74, 6) is -1.13. The molecule has 0 aliphatic carbocycles. The minimum atomic E-state index is -2.02. The lowest BCUT2D eigenvalue weighted by Crippen LogP contribution is -2.54. The third kappa shape index (κ3) is 8.02. The van der Waals surface area contributed by atoms with E-state index >= 15 is 0 Å². The summed E-state index contributed by atoms with van der Waals surface area (Å²) in [5.41, 5.74) is -0.794. The first kappa shape index (κ1) is 27.7. The molecule has 11 heteroatoms. The summed E-state index contributed by atoms with van der Waals surface area (Å²) in [5, 5.41) is 11.1. The zero-order valence-corrected chi connectivity index (χ0v) is 23.0. The van der Waals surface area contributed by atoms with Gasteiger partial charge in [0.15, 0.2) is 19.1 Å². The third-order valence-electron chi connectivity index (χ3n) is 5.95. The molecule has 0 bridgehead atoms. The van der Waals surface area contributed by atoms with Gasteiger partial charge in [-0.25, -0.2) is 14.6 Å². The van der Waals surface area contributed by atoms with Crippen LogP contribution in [0.25, 0.3) is 0 Å². The van der Waals surface area contributed by atoms with Crippen LogP contribution in [0.5, 0.6) is 0 Å². The maximum absolute atomic E-state index is 13.2. The van der Waals surface area contributed by atoms with Crippen LogP contribution in [-0.4, -0.2) is 86.5 Å². The maximum atomic E-state index is 13.2. The summed E-state index contributed by atoms with van der Waals surface area (Å²) >= 11 is 1.11. The molecule has 0 aromatic carbocycles. The van der Waals surface area contributed by atoms with Crippen LogP contribution in [0.3, 0.4) is 0 Å². The van der Waals surface area contributed by atoms with Gasteiger partial charge in [-0.15, -0.1) is 11.3 Å². The molecule has 1 aromatic rings. The lowest BCUT2D eigenvalue weighted by Gasteiger charge is -2.41. The van der Waals surface area contributed by atoms with E-state index in [0.29, 0.717) is 25.0 Å². The van der Waals surface area contributed by atoms with Crippen LogP contribution in [0.15, 0.2) is 5.38 Å². The van der Waals surface area contributed by atoms with Crippen molar-refractivity contribution in [2.75, 3.05) is 44.4 Å². The lowest BCUT2D eigenvalue weighted by molar-refractivity contribution is 0.00543. The molecule has 2 rings (SSSR count). The van der Waals surface area contributed by atoms with Crippen LogP contribution in [0.4, 0.5) is 9.93 Å². The van der Waals surface area contributed by atoms with Gasteiger partial charge in [0, 0.05) is 25.0 Å². The highest BCUT2D eigenvalue weighted by molar-refractivity contribution is 7.14. The Bertz CT molecular complexity index is 812. The van der Waals surface area contributed by atoms with Crippen molar-refractivity contribution in [1.29, 1.82) is 0 Å². The minimum Gasteiger partial charge on any atom is -0.476 e. The average Bonchev–Trinajstić information content (AvgIpc) is 3.16. The van der Waals surface area contributed by atoms with E-state index in [-0.39, 0.29) is 23.3 Å². The fraction of sp³-hybridized carbons (Fsp3) is 0.773. The summed E-state index contributed by atoms with van der Waals surface area (Å²) < 4.78 is 17.7. The first-order valence-corrected chi connectivity index (χ1v) is 15.0. The molecule has 2 heterocycles. The van der Waals surface area contributed by atoms with E-state index in [1.807, 2.05) is 0 Å². The fourth-order valence-corrected chi connectivity index (χ4v) is 4.82. The van der Waals surface area contributed by atoms with Crippen molar-refractivity contribution < 1.29 is 28.6 Å².